The number of ether oxygens (including phenoxy) is 1. The molecule has 60 valence electrons. The Labute approximate surface area is 68.0 Å². The van der Waals surface area contributed by atoms with Crippen LogP contribution in [0.15, 0.2) is 0 Å². The van der Waals surface area contributed by atoms with Gasteiger partial charge in [-0.1, -0.05) is 0 Å². The van der Waals surface area contributed by atoms with Gasteiger partial charge < -0.3 is 9.64 Å². The molecule has 0 aromatic heterocycles. The molecule has 0 amide bonds. The summed E-state index contributed by atoms with van der Waals surface area (Å²) in [7, 11) is 0. The lowest BCUT2D eigenvalue weighted by molar-refractivity contribution is 0.142. The standard InChI is InChI=1S/C7H15NOS/c10-7-4-8-2-1-5-9-6-3-8/h10H,1-7H2. The molecule has 1 aliphatic rings. The molecule has 0 aliphatic carbocycles. The molecular weight excluding hydrogens is 146 g/mol. The second kappa shape index (κ2) is 4.99. The van der Waals surface area contributed by atoms with Crippen molar-refractivity contribution in [3.63, 3.8) is 0 Å². The van der Waals surface area contributed by atoms with E-state index in [0.717, 1.165) is 32.1 Å². The zero-order chi connectivity index (χ0) is 7.23. The number of hydrogen-bond acceptors (Lipinski definition) is 3. The van der Waals surface area contributed by atoms with Crippen molar-refractivity contribution >= 4 is 12.6 Å². The SMILES string of the molecule is SCCN1CCCOCC1. The van der Waals surface area contributed by atoms with Crippen LogP contribution in [-0.4, -0.2) is 43.5 Å². The second-order valence-electron chi connectivity index (χ2n) is 2.53. The van der Waals surface area contributed by atoms with Gasteiger partial charge in [-0.25, -0.2) is 0 Å². The van der Waals surface area contributed by atoms with Crippen LogP contribution in [0, 0.1) is 0 Å². The molecule has 1 saturated heterocycles. The van der Waals surface area contributed by atoms with Gasteiger partial charge >= 0.3 is 0 Å². The van der Waals surface area contributed by atoms with Crippen molar-refractivity contribution in [2.24, 2.45) is 0 Å². The maximum absolute atomic E-state index is 5.30. The highest BCUT2D eigenvalue weighted by molar-refractivity contribution is 7.80. The van der Waals surface area contributed by atoms with Gasteiger partial charge in [0, 0.05) is 32.0 Å². The first-order valence-electron chi connectivity index (χ1n) is 3.84. The molecule has 0 unspecified atom stereocenters. The van der Waals surface area contributed by atoms with E-state index in [2.05, 4.69) is 17.5 Å². The van der Waals surface area contributed by atoms with Gasteiger partial charge in [-0.3, -0.25) is 0 Å². The van der Waals surface area contributed by atoms with Crippen molar-refractivity contribution in [1.29, 1.82) is 0 Å². The van der Waals surface area contributed by atoms with E-state index >= 15 is 0 Å². The third kappa shape index (κ3) is 2.90. The summed E-state index contributed by atoms with van der Waals surface area (Å²) in [6.07, 6.45) is 1.17. The van der Waals surface area contributed by atoms with E-state index in [-0.39, 0.29) is 0 Å². The number of nitrogens with zero attached hydrogens (tertiary/aromatic N) is 1. The normalized spacial score (nSPS) is 22.5. The van der Waals surface area contributed by atoms with E-state index in [9.17, 15) is 0 Å². The highest BCUT2D eigenvalue weighted by Crippen LogP contribution is 1.98. The summed E-state index contributed by atoms with van der Waals surface area (Å²) in [5, 5.41) is 0. The molecule has 10 heavy (non-hydrogen) atoms. The largest absolute Gasteiger partial charge is 0.380 e. The molecule has 0 aromatic carbocycles. The molecule has 1 rings (SSSR count). The number of rotatable bonds is 2. The summed E-state index contributed by atoms with van der Waals surface area (Å²) in [5.74, 6) is 0.958. The predicted molar refractivity (Wildman–Crippen MR) is 45.7 cm³/mol. The van der Waals surface area contributed by atoms with E-state index < -0.39 is 0 Å². The summed E-state index contributed by atoms with van der Waals surface area (Å²) in [6, 6.07) is 0. The highest BCUT2D eigenvalue weighted by atomic mass is 32.1. The summed E-state index contributed by atoms with van der Waals surface area (Å²) in [6.45, 7) is 5.20. The van der Waals surface area contributed by atoms with Crippen molar-refractivity contribution in [3.8, 4) is 0 Å². The van der Waals surface area contributed by atoms with Crippen molar-refractivity contribution in [2.45, 2.75) is 6.42 Å². The van der Waals surface area contributed by atoms with Gasteiger partial charge in [0.2, 0.25) is 0 Å². The van der Waals surface area contributed by atoms with E-state index in [4.69, 9.17) is 4.74 Å². The molecule has 0 aromatic rings. The summed E-state index contributed by atoms with van der Waals surface area (Å²) < 4.78 is 5.30. The van der Waals surface area contributed by atoms with Crippen LogP contribution >= 0.6 is 12.6 Å². The minimum atomic E-state index is 0.897. The highest BCUT2D eigenvalue weighted by Gasteiger charge is 2.06. The molecule has 0 bridgehead atoms. The fourth-order valence-electron chi connectivity index (χ4n) is 1.16. The molecule has 1 aliphatic heterocycles. The average Bonchev–Trinajstić information content (AvgIpc) is 2.17. The smallest absolute Gasteiger partial charge is 0.0593 e. The maximum atomic E-state index is 5.30. The lowest BCUT2D eigenvalue weighted by Gasteiger charge is -2.16. The first-order chi connectivity index (χ1) is 4.93. The summed E-state index contributed by atoms with van der Waals surface area (Å²) in [4.78, 5) is 2.40. The van der Waals surface area contributed by atoms with Gasteiger partial charge in [0.05, 0.1) is 6.61 Å². The zero-order valence-electron chi connectivity index (χ0n) is 6.25. The number of thiol groups is 1. The Morgan fingerprint density at radius 1 is 1.30 bits per heavy atom. The zero-order valence-corrected chi connectivity index (χ0v) is 7.15. The Morgan fingerprint density at radius 2 is 2.20 bits per heavy atom. The molecule has 1 fully saturated rings. The van der Waals surface area contributed by atoms with E-state index in [0.29, 0.717) is 0 Å². The molecule has 0 saturated carbocycles. The Hall–Kier alpha value is 0.270. The van der Waals surface area contributed by atoms with Crippen LogP contribution in [0.3, 0.4) is 0 Å². The number of hydrogen-bond donors (Lipinski definition) is 1. The molecule has 0 atom stereocenters. The lowest BCUT2D eigenvalue weighted by atomic mass is 10.4. The second-order valence-corrected chi connectivity index (χ2v) is 2.98. The van der Waals surface area contributed by atoms with Gasteiger partial charge in [0.25, 0.3) is 0 Å². The van der Waals surface area contributed by atoms with Gasteiger partial charge in [0.1, 0.15) is 0 Å². The Kier molecular flexibility index (Phi) is 4.18. The van der Waals surface area contributed by atoms with Crippen LogP contribution in [0.25, 0.3) is 0 Å². The van der Waals surface area contributed by atoms with E-state index in [1.165, 1.54) is 13.0 Å². The van der Waals surface area contributed by atoms with Crippen LogP contribution in [0.1, 0.15) is 6.42 Å². The first kappa shape index (κ1) is 8.37. The first-order valence-corrected chi connectivity index (χ1v) is 4.47. The minimum Gasteiger partial charge on any atom is -0.380 e. The average molecular weight is 161 g/mol. The molecule has 0 N–H and O–H groups in total. The third-order valence-electron chi connectivity index (χ3n) is 1.73. The van der Waals surface area contributed by atoms with Gasteiger partial charge in [0.15, 0.2) is 0 Å². The molecule has 1 heterocycles. The Bertz CT molecular complexity index is 81.7. The molecule has 3 heteroatoms. The summed E-state index contributed by atoms with van der Waals surface area (Å²) in [5.41, 5.74) is 0. The van der Waals surface area contributed by atoms with Crippen molar-refractivity contribution in [3.05, 3.63) is 0 Å². The maximum Gasteiger partial charge on any atom is 0.0593 e. The fraction of sp³-hybridized carbons (Fsp3) is 1.00. The van der Waals surface area contributed by atoms with Crippen LogP contribution < -0.4 is 0 Å². The van der Waals surface area contributed by atoms with Gasteiger partial charge in [-0.2, -0.15) is 12.6 Å². The van der Waals surface area contributed by atoms with Gasteiger partial charge in [-0.15, -0.1) is 0 Å². The van der Waals surface area contributed by atoms with E-state index in [1.54, 1.807) is 0 Å². The Balaban J connectivity index is 2.15. The van der Waals surface area contributed by atoms with Crippen LogP contribution in [0.4, 0.5) is 0 Å². The molecule has 0 spiro atoms. The quantitative estimate of drug-likeness (QED) is 0.597. The molecule has 2 nitrogen and oxygen atoms in total. The van der Waals surface area contributed by atoms with Crippen LogP contribution in [0.2, 0.25) is 0 Å². The third-order valence-corrected chi connectivity index (χ3v) is 1.93. The lowest BCUT2D eigenvalue weighted by Crippen LogP contribution is -2.28. The minimum absolute atomic E-state index is 0.897. The summed E-state index contributed by atoms with van der Waals surface area (Å²) >= 11 is 4.18. The van der Waals surface area contributed by atoms with E-state index in [1.807, 2.05) is 0 Å². The van der Waals surface area contributed by atoms with Crippen LogP contribution in [0.5, 0.6) is 0 Å². The monoisotopic (exact) mass is 161 g/mol. The predicted octanol–water partition coefficient (Wildman–Crippen LogP) is 0.639. The van der Waals surface area contributed by atoms with Gasteiger partial charge in [-0.05, 0) is 6.42 Å². The van der Waals surface area contributed by atoms with Crippen LogP contribution in [-0.2, 0) is 4.74 Å². The fourth-order valence-corrected chi connectivity index (χ4v) is 1.45. The Morgan fingerprint density at radius 3 is 3.00 bits per heavy atom. The molecule has 0 radical (unpaired) electrons. The van der Waals surface area contributed by atoms with Crippen molar-refractivity contribution in [2.75, 3.05) is 38.6 Å². The van der Waals surface area contributed by atoms with Crippen molar-refractivity contribution in [1.82, 2.24) is 4.90 Å². The molecular formula is C7H15NOS. The van der Waals surface area contributed by atoms with Crippen molar-refractivity contribution < 1.29 is 4.74 Å². The topological polar surface area (TPSA) is 12.5 Å².